The summed E-state index contributed by atoms with van der Waals surface area (Å²) in [5, 5.41) is 3.07. The quantitative estimate of drug-likeness (QED) is 0.664. The van der Waals surface area contributed by atoms with E-state index in [2.05, 4.69) is 11.4 Å². The van der Waals surface area contributed by atoms with Crippen LogP contribution in [0.5, 0.6) is 5.75 Å². The molecule has 0 unspecified atom stereocenters. The highest BCUT2D eigenvalue weighted by Crippen LogP contribution is 2.50. The third-order valence-corrected chi connectivity index (χ3v) is 6.81. The number of anilines is 1. The average molecular weight is 428 g/mol. The molecule has 1 N–H and O–H groups in total. The standard InChI is InChI=1S/C26H25N3O3/c1-16-12-21(18-2-7-24(30)29(15-18)20-4-5-20)27-23(13-16)28-25(31)26(9-10-26)19-3-6-22-17(14-19)8-11-32-22/h2-3,6-7,12-15,20H,4-5,8-11H2,1H3,(H,27,28,31). The fraction of sp³-hybridized carbons (Fsp3) is 0.346. The Kier molecular flexibility index (Phi) is 4.25. The average Bonchev–Trinajstić information content (AvgIpc) is 3.71. The summed E-state index contributed by atoms with van der Waals surface area (Å²) in [5.41, 5.74) is 4.43. The van der Waals surface area contributed by atoms with Gasteiger partial charge in [-0.05, 0) is 73.6 Å². The zero-order valence-corrected chi connectivity index (χ0v) is 18.1. The second kappa shape index (κ2) is 7.05. The van der Waals surface area contributed by atoms with E-state index in [1.807, 2.05) is 43.5 Å². The van der Waals surface area contributed by atoms with Gasteiger partial charge in [0.2, 0.25) is 5.91 Å². The Morgan fingerprint density at radius 1 is 1.16 bits per heavy atom. The molecule has 1 aliphatic heterocycles. The molecular formula is C26H25N3O3. The zero-order valence-electron chi connectivity index (χ0n) is 18.1. The Morgan fingerprint density at radius 3 is 2.78 bits per heavy atom. The van der Waals surface area contributed by atoms with Crippen LogP contribution in [0.2, 0.25) is 0 Å². The minimum absolute atomic E-state index is 0.0108. The predicted molar refractivity (Wildman–Crippen MR) is 122 cm³/mol. The van der Waals surface area contributed by atoms with Crippen molar-refractivity contribution in [2.45, 2.75) is 50.5 Å². The van der Waals surface area contributed by atoms with Crippen LogP contribution in [0.4, 0.5) is 5.82 Å². The van der Waals surface area contributed by atoms with Crippen LogP contribution in [-0.4, -0.2) is 22.1 Å². The number of nitrogens with zero attached hydrogens (tertiary/aromatic N) is 2. The van der Waals surface area contributed by atoms with E-state index in [1.165, 1.54) is 5.56 Å². The molecule has 6 rings (SSSR count). The van der Waals surface area contributed by atoms with Gasteiger partial charge in [0.25, 0.3) is 5.56 Å². The van der Waals surface area contributed by atoms with Gasteiger partial charge in [0.1, 0.15) is 11.6 Å². The van der Waals surface area contributed by atoms with Gasteiger partial charge in [-0.1, -0.05) is 12.1 Å². The van der Waals surface area contributed by atoms with E-state index >= 15 is 0 Å². The summed E-state index contributed by atoms with van der Waals surface area (Å²) in [6.45, 7) is 2.70. The molecule has 2 saturated carbocycles. The maximum atomic E-state index is 13.3. The van der Waals surface area contributed by atoms with Crippen LogP contribution in [0.3, 0.4) is 0 Å². The number of rotatable bonds is 5. The Balaban J connectivity index is 1.28. The number of nitrogens with one attached hydrogen (secondary N) is 1. The van der Waals surface area contributed by atoms with Crippen molar-refractivity contribution in [3.05, 3.63) is 75.7 Å². The van der Waals surface area contributed by atoms with Gasteiger partial charge in [0, 0.05) is 30.3 Å². The zero-order chi connectivity index (χ0) is 21.9. The second-order valence-corrected chi connectivity index (χ2v) is 9.27. The van der Waals surface area contributed by atoms with Crippen molar-refractivity contribution in [2.24, 2.45) is 0 Å². The molecule has 1 aromatic carbocycles. The lowest BCUT2D eigenvalue weighted by Gasteiger charge is -2.17. The van der Waals surface area contributed by atoms with Crippen LogP contribution < -0.4 is 15.6 Å². The normalized spacial score (nSPS) is 18.0. The van der Waals surface area contributed by atoms with Crippen molar-refractivity contribution in [1.82, 2.24) is 9.55 Å². The van der Waals surface area contributed by atoms with Crippen LogP contribution in [0.1, 0.15) is 48.4 Å². The Morgan fingerprint density at radius 2 is 2.00 bits per heavy atom. The van der Waals surface area contributed by atoms with Crippen molar-refractivity contribution in [3.63, 3.8) is 0 Å². The molecule has 3 heterocycles. The van der Waals surface area contributed by atoms with Gasteiger partial charge < -0.3 is 14.6 Å². The van der Waals surface area contributed by atoms with Crippen molar-refractivity contribution in [3.8, 4) is 17.0 Å². The molecule has 1 amide bonds. The molecule has 0 spiro atoms. The fourth-order valence-corrected chi connectivity index (χ4v) is 4.66. The molecule has 2 aromatic heterocycles. The van der Waals surface area contributed by atoms with Gasteiger partial charge in [-0.2, -0.15) is 0 Å². The summed E-state index contributed by atoms with van der Waals surface area (Å²) in [6.07, 6.45) is 6.55. The predicted octanol–water partition coefficient (Wildman–Crippen LogP) is 4.16. The summed E-state index contributed by atoms with van der Waals surface area (Å²) in [6, 6.07) is 13.7. The number of carbonyl (C=O) groups is 1. The molecule has 3 aromatic rings. The van der Waals surface area contributed by atoms with Gasteiger partial charge in [0.15, 0.2) is 0 Å². The smallest absolute Gasteiger partial charge is 0.250 e. The van der Waals surface area contributed by atoms with E-state index in [0.717, 1.165) is 60.2 Å². The number of hydrogen-bond acceptors (Lipinski definition) is 4. The highest BCUT2D eigenvalue weighted by molar-refractivity contribution is 6.01. The second-order valence-electron chi connectivity index (χ2n) is 9.27. The molecule has 32 heavy (non-hydrogen) atoms. The van der Waals surface area contributed by atoms with E-state index < -0.39 is 5.41 Å². The Hall–Kier alpha value is -3.41. The van der Waals surface area contributed by atoms with Crippen LogP contribution in [-0.2, 0) is 16.6 Å². The Bertz CT molecular complexity index is 1300. The monoisotopic (exact) mass is 427 g/mol. The summed E-state index contributed by atoms with van der Waals surface area (Å²) in [7, 11) is 0. The third kappa shape index (κ3) is 3.30. The molecule has 0 bridgehead atoms. The minimum Gasteiger partial charge on any atom is -0.493 e. The molecule has 162 valence electrons. The SMILES string of the molecule is Cc1cc(NC(=O)C2(c3ccc4c(c3)CCO4)CC2)nc(-c2ccc(=O)n(C3CC3)c2)c1. The van der Waals surface area contributed by atoms with E-state index in [-0.39, 0.29) is 11.5 Å². The summed E-state index contributed by atoms with van der Waals surface area (Å²) >= 11 is 0. The summed E-state index contributed by atoms with van der Waals surface area (Å²) < 4.78 is 7.41. The number of aromatic nitrogens is 2. The van der Waals surface area contributed by atoms with Crippen LogP contribution in [0.25, 0.3) is 11.3 Å². The van der Waals surface area contributed by atoms with Gasteiger partial charge in [0.05, 0.1) is 17.7 Å². The fourth-order valence-electron chi connectivity index (χ4n) is 4.66. The molecule has 6 nitrogen and oxygen atoms in total. The lowest BCUT2D eigenvalue weighted by Crippen LogP contribution is -2.28. The van der Waals surface area contributed by atoms with Gasteiger partial charge in [-0.3, -0.25) is 9.59 Å². The van der Waals surface area contributed by atoms with Gasteiger partial charge in [-0.25, -0.2) is 4.98 Å². The first-order chi connectivity index (χ1) is 15.5. The van der Waals surface area contributed by atoms with Crippen molar-refractivity contribution in [1.29, 1.82) is 0 Å². The molecule has 0 atom stereocenters. The Labute approximate surface area is 186 Å². The molecule has 0 radical (unpaired) electrons. The molecule has 2 aliphatic carbocycles. The number of aryl methyl sites for hydroxylation is 1. The number of amides is 1. The van der Waals surface area contributed by atoms with Crippen molar-refractivity contribution < 1.29 is 9.53 Å². The number of hydrogen-bond donors (Lipinski definition) is 1. The first kappa shape index (κ1) is 19.3. The van der Waals surface area contributed by atoms with Crippen molar-refractivity contribution >= 4 is 11.7 Å². The van der Waals surface area contributed by atoms with E-state index in [1.54, 1.807) is 10.6 Å². The number of benzene rings is 1. The maximum Gasteiger partial charge on any atom is 0.250 e. The summed E-state index contributed by atoms with van der Waals surface area (Å²) in [4.78, 5) is 30.2. The number of carbonyl (C=O) groups excluding carboxylic acids is 1. The van der Waals surface area contributed by atoms with Crippen LogP contribution >= 0.6 is 0 Å². The lowest BCUT2D eigenvalue weighted by molar-refractivity contribution is -0.118. The first-order valence-electron chi connectivity index (χ1n) is 11.3. The molecule has 3 aliphatic rings. The van der Waals surface area contributed by atoms with E-state index in [4.69, 9.17) is 9.72 Å². The number of ether oxygens (including phenoxy) is 1. The lowest BCUT2D eigenvalue weighted by atomic mass is 9.92. The van der Waals surface area contributed by atoms with E-state index in [9.17, 15) is 9.59 Å². The molecule has 2 fully saturated rings. The molecular weight excluding hydrogens is 402 g/mol. The maximum absolute atomic E-state index is 13.3. The topological polar surface area (TPSA) is 73.2 Å². The highest BCUT2D eigenvalue weighted by atomic mass is 16.5. The first-order valence-corrected chi connectivity index (χ1v) is 11.3. The van der Waals surface area contributed by atoms with Crippen LogP contribution in [0.15, 0.2) is 53.5 Å². The highest BCUT2D eigenvalue weighted by Gasteiger charge is 2.51. The minimum atomic E-state index is -0.484. The molecule has 6 heteroatoms. The molecule has 0 saturated heterocycles. The van der Waals surface area contributed by atoms with E-state index in [0.29, 0.717) is 18.5 Å². The number of pyridine rings is 2. The third-order valence-electron chi connectivity index (χ3n) is 6.81. The van der Waals surface area contributed by atoms with Gasteiger partial charge >= 0.3 is 0 Å². The largest absolute Gasteiger partial charge is 0.493 e. The summed E-state index contributed by atoms with van der Waals surface area (Å²) in [5.74, 6) is 1.47. The van der Waals surface area contributed by atoms with Crippen LogP contribution in [0, 0.1) is 6.92 Å². The number of fused-ring (bicyclic) bond motifs is 1. The van der Waals surface area contributed by atoms with Gasteiger partial charge in [-0.15, -0.1) is 0 Å². The van der Waals surface area contributed by atoms with Crippen molar-refractivity contribution in [2.75, 3.05) is 11.9 Å².